The lowest BCUT2D eigenvalue weighted by Gasteiger charge is -2.25. The molecule has 0 unspecified atom stereocenters. The van der Waals surface area contributed by atoms with Crippen LogP contribution in [0, 0.1) is 5.92 Å². The fourth-order valence-corrected chi connectivity index (χ4v) is 4.09. The number of rotatable bonds is 7. The third kappa shape index (κ3) is 4.11. The second kappa shape index (κ2) is 7.14. The van der Waals surface area contributed by atoms with E-state index < -0.39 is 9.84 Å². The molecular formula is C16H22N4O2S. The highest BCUT2D eigenvalue weighted by molar-refractivity contribution is 7.91. The predicted octanol–water partition coefficient (Wildman–Crippen LogP) is 1.38. The first-order chi connectivity index (χ1) is 11.1. The second-order valence-electron chi connectivity index (χ2n) is 5.84. The minimum Gasteiger partial charge on any atom is -0.370 e. The molecule has 1 aliphatic rings. The molecule has 1 aromatic heterocycles. The molecule has 0 spiro atoms. The Bertz CT molecular complexity index is 728. The van der Waals surface area contributed by atoms with Crippen molar-refractivity contribution in [2.45, 2.75) is 17.9 Å². The number of benzene rings is 1. The predicted molar refractivity (Wildman–Crippen MR) is 90.2 cm³/mol. The summed E-state index contributed by atoms with van der Waals surface area (Å²) < 4.78 is 26.3. The summed E-state index contributed by atoms with van der Waals surface area (Å²) in [6, 6.07) is 10.6. The molecule has 0 saturated carbocycles. The van der Waals surface area contributed by atoms with Crippen LogP contribution in [0.5, 0.6) is 0 Å². The maximum atomic E-state index is 12.2. The number of nitrogens with zero attached hydrogens (tertiary/aromatic N) is 2. The Labute approximate surface area is 136 Å². The van der Waals surface area contributed by atoms with Crippen LogP contribution in [0.2, 0.25) is 0 Å². The average Bonchev–Trinajstić information content (AvgIpc) is 3.03. The number of sulfone groups is 1. The first-order valence-corrected chi connectivity index (χ1v) is 9.54. The summed E-state index contributed by atoms with van der Waals surface area (Å²) >= 11 is 0. The van der Waals surface area contributed by atoms with E-state index in [2.05, 4.69) is 15.7 Å². The Balaban J connectivity index is 1.38. The summed E-state index contributed by atoms with van der Waals surface area (Å²) in [7, 11) is -3.16. The van der Waals surface area contributed by atoms with E-state index in [1.54, 1.807) is 30.5 Å². The summed E-state index contributed by atoms with van der Waals surface area (Å²) in [6.07, 6.45) is 2.41. The van der Waals surface area contributed by atoms with Crippen molar-refractivity contribution in [3.63, 3.8) is 0 Å². The summed E-state index contributed by atoms with van der Waals surface area (Å²) in [5, 5.41) is 11.0. The largest absolute Gasteiger partial charge is 0.370 e. The van der Waals surface area contributed by atoms with Gasteiger partial charge in [-0.1, -0.05) is 18.2 Å². The van der Waals surface area contributed by atoms with E-state index in [0.29, 0.717) is 23.8 Å². The highest BCUT2D eigenvalue weighted by atomic mass is 32.2. The van der Waals surface area contributed by atoms with Crippen molar-refractivity contribution in [3.05, 3.63) is 42.6 Å². The van der Waals surface area contributed by atoms with Crippen molar-refractivity contribution in [1.82, 2.24) is 15.1 Å². The van der Waals surface area contributed by atoms with Crippen LogP contribution in [-0.2, 0) is 16.4 Å². The van der Waals surface area contributed by atoms with Gasteiger partial charge in [-0.3, -0.25) is 0 Å². The van der Waals surface area contributed by atoms with Crippen molar-refractivity contribution in [1.29, 1.82) is 0 Å². The van der Waals surface area contributed by atoms with Gasteiger partial charge in [-0.15, -0.1) is 0 Å². The molecule has 23 heavy (non-hydrogen) atoms. The molecule has 2 heterocycles. The fraction of sp³-hybridized carbons (Fsp3) is 0.438. The molecule has 7 heteroatoms. The van der Waals surface area contributed by atoms with Gasteiger partial charge in [0.2, 0.25) is 0 Å². The van der Waals surface area contributed by atoms with E-state index in [1.807, 2.05) is 16.8 Å². The van der Waals surface area contributed by atoms with Crippen molar-refractivity contribution >= 4 is 15.7 Å². The van der Waals surface area contributed by atoms with Crippen molar-refractivity contribution in [2.24, 2.45) is 5.92 Å². The van der Waals surface area contributed by atoms with Crippen LogP contribution in [0.1, 0.15) is 6.42 Å². The van der Waals surface area contributed by atoms with Gasteiger partial charge in [-0.05, 0) is 25.1 Å². The van der Waals surface area contributed by atoms with Crippen molar-refractivity contribution in [2.75, 3.05) is 30.7 Å². The smallest absolute Gasteiger partial charge is 0.178 e. The first-order valence-electron chi connectivity index (χ1n) is 7.89. The van der Waals surface area contributed by atoms with E-state index in [1.165, 1.54) is 0 Å². The average molecular weight is 334 g/mol. The molecule has 0 saturated heterocycles. The van der Waals surface area contributed by atoms with Crippen LogP contribution in [-0.4, -0.2) is 43.6 Å². The lowest BCUT2D eigenvalue weighted by molar-refractivity contribution is 0.392. The van der Waals surface area contributed by atoms with Crippen LogP contribution >= 0.6 is 0 Å². The standard InChI is InChI=1S/C16H22N4O2S/c21-23(22,15-5-2-1-3-6-15)10-4-8-17-11-14-12-18-16-7-9-19-20(16)13-14/h1-3,5-7,9,14,17-18H,4,8,10-13H2/t14-/m0/s1. The summed E-state index contributed by atoms with van der Waals surface area (Å²) in [5.74, 6) is 1.71. The summed E-state index contributed by atoms with van der Waals surface area (Å²) in [6.45, 7) is 3.37. The van der Waals surface area contributed by atoms with E-state index in [0.717, 1.165) is 25.5 Å². The molecule has 1 atom stereocenters. The second-order valence-corrected chi connectivity index (χ2v) is 7.94. The van der Waals surface area contributed by atoms with E-state index in [-0.39, 0.29) is 5.75 Å². The molecule has 0 amide bonds. The van der Waals surface area contributed by atoms with Crippen LogP contribution in [0.3, 0.4) is 0 Å². The minimum atomic E-state index is -3.16. The molecule has 0 bridgehead atoms. The van der Waals surface area contributed by atoms with Crippen LogP contribution in [0.15, 0.2) is 47.5 Å². The van der Waals surface area contributed by atoms with Gasteiger partial charge in [-0.2, -0.15) is 5.10 Å². The molecule has 6 nitrogen and oxygen atoms in total. The van der Waals surface area contributed by atoms with Crippen LogP contribution < -0.4 is 10.6 Å². The van der Waals surface area contributed by atoms with E-state index >= 15 is 0 Å². The molecule has 1 aliphatic heterocycles. The molecule has 0 aliphatic carbocycles. The number of nitrogens with one attached hydrogen (secondary N) is 2. The molecule has 0 radical (unpaired) electrons. The quantitative estimate of drug-likeness (QED) is 0.748. The highest BCUT2D eigenvalue weighted by Gasteiger charge is 2.18. The van der Waals surface area contributed by atoms with Gasteiger partial charge in [0.1, 0.15) is 5.82 Å². The van der Waals surface area contributed by atoms with Gasteiger partial charge in [0.05, 0.1) is 16.8 Å². The maximum absolute atomic E-state index is 12.2. The molecule has 2 aromatic rings. The van der Waals surface area contributed by atoms with Gasteiger partial charge in [-0.25, -0.2) is 13.1 Å². The van der Waals surface area contributed by atoms with Gasteiger partial charge in [0.15, 0.2) is 9.84 Å². The van der Waals surface area contributed by atoms with Crippen molar-refractivity contribution in [3.8, 4) is 0 Å². The summed E-state index contributed by atoms with van der Waals surface area (Å²) in [4.78, 5) is 0.405. The third-order valence-corrected chi connectivity index (χ3v) is 5.84. The molecule has 2 N–H and O–H groups in total. The SMILES string of the molecule is O=S(=O)(CCCNC[C@H]1CNc2ccnn2C1)c1ccccc1. The lowest BCUT2D eigenvalue weighted by atomic mass is 10.1. The third-order valence-electron chi connectivity index (χ3n) is 4.02. The van der Waals surface area contributed by atoms with E-state index in [4.69, 9.17) is 0 Å². The Hall–Kier alpha value is -1.86. The zero-order valence-corrected chi connectivity index (χ0v) is 13.8. The zero-order chi connectivity index (χ0) is 16.1. The number of fused-ring (bicyclic) bond motifs is 1. The number of hydrogen-bond acceptors (Lipinski definition) is 5. The highest BCUT2D eigenvalue weighted by Crippen LogP contribution is 2.15. The molecule has 0 fully saturated rings. The normalized spacial score (nSPS) is 17.5. The number of anilines is 1. The fourth-order valence-electron chi connectivity index (χ4n) is 2.76. The molecule has 1 aromatic carbocycles. The zero-order valence-electron chi connectivity index (χ0n) is 13.0. The van der Waals surface area contributed by atoms with Gasteiger partial charge >= 0.3 is 0 Å². The molecule has 3 rings (SSSR count). The number of hydrogen-bond donors (Lipinski definition) is 2. The van der Waals surface area contributed by atoms with Crippen molar-refractivity contribution < 1.29 is 8.42 Å². The monoisotopic (exact) mass is 334 g/mol. The summed E-state index contributed by atoms with van der Waals surface area (Å²) in [5.41, 5.74) is 0. The van der Waals surface area contributed by atoms with Crippen LogP contribution in [0.4, 0.5) is 5.82 Å². The minimum absolute atomic E-state index is 0.177. The molecule has 124 valence electrons. The first kappa shape index (κ1) is 16.0. The van der Waals surface area contributed by atoms with Gasteiger partial charge in [0, 0.05) is 31.6 Å². The maximum Gasteiger partial charge on any atom is 0.178 e. The Morgan fingerprint density at radius 2 is 2.09 bits per heavy atom. The van der Waals surface area contributed by atoms with Crippen LogP contribution in [0.25, 0.3) is 0 Å². The lowest BCUT2D eigenvalue weighted by Crippen LogP contribution is -2.35. The van der Waals surface area contributed by atoms with Gasteiger partial charge < -0.3 is 10.6 Å². The Kier molecular flexibility index (Phi) is 4.97. The Morgan fingerprint density at radius 3 is 2.91 bits per heavy atom. The topological polar surface area (TPSA) is 76.0 Å². The van der Waals surface area contributed by atoms with Gasteiger partial charge in [0.25, 0.3) is 0 Å². The number of aromatic nitrogens is 2. The Morgan fingerprint density at radius 1 is 1.26 bits per heavy atom. The van der Waals surface area contributed by atoms with E-state index in [9.17, 15) is 8.42 Å². The molecular weight excluding hydrogens is 312 g/mol.